The average molecular weight is 462 g/mol. The number of ether oxygens (including phenoxy) is 1. The highest BCUT2D eigenvalue weighted by atomic mass is 79.9. The van der Waals surface area contributed by atoms with E-state index in [1.165, 1.54) is 18.3 Å². The number of hydrazone groups is 1. The second kappa shape index (κ2) is 8.99. The molecule has 2 rings (SSSR count). The number of halogens is 3. The lowest BCUT2D eigenvalue weighted by molar-refractivity contribution is 0.0946. The Kier molecular flexibility index (Phi) is 6.99. The Morgan fingerprint density at radius 1 is 1.38 bits per heavy atom. The molecule has 0 spiro atoms. The van der Waals surface area contributed by atoms with Gasteiger partial charge in [0.25, 0.3) is 0 Å². The SMILES string of the molecule is N#CC(C=NNc1c(Br)cc(F)cc1Br)OC(=O)N1CCCCC1. The molecule has 1 atom stereocenters. The molecule has 6 nitrogen and oxygen atoms in total. The largest absolute Gasteiger partial charge is 0.425 e. The summed E-state index contributed by atoms with van der Waals surface area (Å²) < 4.78 is 19.2. The van der Waals surface area contributed by atoms with Crippen molar-refractivity contribution in [3.63, 3.8) is 0 Å². The van der Waals surface area contributed by atoms with Crippen molar-refractivity contribution in [2.45, 2.75) is 25.4 Å². The Balaban J connectivity index is 1.94. The Bertz CT molecular complexity index is 649. The lowest BCUT2D eigenvalue weighted by Gasteiger charge is -2.26. The molecule has 1 amide bonds. The Morgan fingerprint density at radius 2 is 2.00 bits per heavy atom. The Hall–Kier alpha value is -1.66. The zero-order chi connectivity index (χ0) is 17.5. The minimum atomic E-state index is -1.11. The molecule has 0 saturated carbocycles. The van der Waals surface area contributed by atoms with Crippen molar-refractivity contribution in [2.24, 2.45) is 5.10 Å². The second-order valence-corrected chi connectivity index (χ2v) is 6.82. The summed E-state index contributed by atoms with van der Waals surface area (Å²) in [5.74, 6) is -0.409. The van der Waals surface area contributed by atoms with Crippen LogP contribution in [0.4, 0.5) is 14.9 Å². The van der Waals surface area contributed by atoms with Gasteiger partial charge in [-0.25, -0.2) is 9.18 Å². The summed E-state index contributed by atoms with van der Waals surface area (Å²) in [4.78, 5) is 13.5. The van der Waals surface area contributed by atoms with Crippen molar-refractivity contribution in [1.29, 1.82) is 5.26 Å². The molecule has 0 radical (unpaired) electrons. The van der Waals surface area contributed by atoms with Crippen LogP contribution in [0.5, 0.6) is 0 Å². The van der Waals surface area contributed by atoms with Crippen LogP contribution in [0.15, 0.2) is 26.2 Å². The first kappa shape index (κ1) is 18.7. The van der Waals surface area contributed by atoms with Crippen molar-refractivity contribution >= 4 is 49.9 Å². The average Bonchev–Trinajstić information content (AvgIpc) is 2.56. The quantitative estimate of drug-likeness (QED) is 0.536. The highest BCUT2D eigenvalue weighted by Gasteiger charge is 2.20. The number of hydrogen-bond acceptors (Lipinski definition) is 5. The number of nitriles is 1. The van der Waals surface area contributed by atoms with E-state index in [1.54, 1.807) is 4.90 Å². The maximum Gasteiger partial charge on any atom is 0.411 e. The predicted octanol–water partition coefficient (Wildman–Crippen LogP) is 4.26. The number of hydrogen-bond donors (Lipinski definition) is 1. The van der Waals surface area contributed by atoms with Crippen LogP contribution in [-0.2, 0) is 4.74 Å². The Labute approximate surface area is 155 Å². The second-order valence-electron chi connectivity index (χ2n) is 5.12. The van der Waals surface area contributed by atoms with Gasteiger partial charge in [0.2, 0.25) is 6.10 Å². The normalized spacial score (nSPS) is 15.8. The summed E-state index contributed by atoms with van der Waals surface area (Å²) in [5.41, 5.74) is 3.17. The zero-order valence-corrected chi connectivity index (χ0v) is 15.8. The fourth-order valence-corrected chi connectivity index (χ4v) is 3.48. The molecule has 1 aliphatic heterocycles. The van der Waals surface area contributed by atoms with Gasteiger partial charge in [0.05, 0.1) is 11.9 Å². The third kappa shape index (κ3) is 5.18. The number of carbonyl (C=O) groups excluding carboxylic acids is 1. The topological polar surface area (TPSA) is 77.7 Å². The van der Waals surface area contributed by atoms with Gasteiger partial charge in [-0.2, -0.15) is 10.4 Å². The summed E-state index contributed by atoms with van der Waals surface area (Å²) in [7, 11) is 0. The Morgan fingerprint density at radius 3 is 2.58 bits per heavy atom. The summed E-state index contributed by atoms with van der Waals surface area (Å²) in [6.45, 7) is 1.28. The molecule has 0 bridgehead atoms. The molecule has 1 heterocycles. The molecule has 0 aliphatic carbocycles. The van der Waals surface area contributed by atoms with E-state index < -0.39 is 18.0 Å². The molecular weight excluding hydrogens is 447 g/mol. The van der Waals surface area contributed by atoms with E-state index in [9.17, 15) is 9.18 Å². The molecule has 128 valence electrons. The number of likely N-dealkylation sites (tertiary alicyclic amines) is 1. The molecule has 1 aromatic rings. The molecular formula is C15H15Br2FN4O2. The number of benzene rings is 1. The highest BCUT2D eigenvalue weighted by Crippen LogP contribution is 2.31. The molecule has 1 aromatic carbocycles. The number of anilines is 1. The van der Waals surface area contributed by atoms with Gasteiger partial charge in [0, 0.05) is 22.0 Å². The van der Waals surface area contributed by atoms with Crippen molar-refractivity contribution < 1.29 is 13.9 Å². The number of rotatable bonds is 4. The van der Waals surface area contributed by atoms with Gasteiger partial charge in [-0.1, -0.05) is 0 Å². The number of nitrogens with zero attached hydrogens (tertiary/aromatic N) is 3. The van der Waals surface area contributed by atoms with Crippen molar-refractivity contribution in [3.05, 3.63) is 26.9 Å². The van der Waals surface area contributed by atoms with E-state index in [1.807, 2.05) is 6.07 Å². The first-order chi connectivity index (χ1) is 11.5. The van der Waals surface area contributed by atoms with Gasteiger partial charge in [-0.3, -0.25) is 5.43 Å². The first-order valence-electron chi connectivity index (χ1n) is 7.30. The minimum absolute atomic E-state index is 0.409. The molecule has 1 fully saturated rings. The number of piperidine rings is 1. The van der Waals surface area contributed by atoms with Gasteiger partial charge >= 0.3 is 6.09 Å². The maximum absolute atomic E-state index is 13.2. The van der Waals surface area contributed by atoms with Gasteiger partial charge in [-0.05, 0) is 63.3 Å². The molecule has 1 saturated heterocycles. The maximum atomic E-state index is 13.2. The minimum Gasteiger partial charge on any atom is -0.425 e. The number of amides is 1. The smallest absolute Gasteiger partial charge is 0.411 e. The van der Waals surface area contributed by atoms with E-state index in [-0.39, 0.29) is 0 Å². The molecule has 1 unspecified atom stereocenters. The molecule has 0 aromatic heterocycles. The van der Waals surface area contributed by atoms with Crippen LogP contribution in [0.1, 0.15) is 19.3 Å². The number of carbonyl (C=O) groups is 1. The fraction of sp³-hybridized carbons (Fsp3) is 0.400. The van der Waals surface area contributed by atoms with Crippen molar-refractivity contribution in [3.8, 4) is 6.07 Å². The molecule has 1 aliphatic rings. The van der Waals surface area contributed by atoms with Crippen LogP contribution in [0.2, 0.25) is 0 Å². The molecule has 1 N–H and O–H groups in total. The van der Waals surface area contributed by atoms with Crippen LogP contribution in [0.25, 0.3) is 0 Å². The third-order valence-corrected chi connectivity index (χ3v) is 4.61. The van der Waals surface area contributed by atoms with Crippen LogP contribution >= 0.6 is 31.9 Å². The van der Waals surface area contributed by atoms with Gasteiger partial charge in [-0.15, -0.1) is 0 Å². The van der Waals surface area contributed by atoms with Gasteiger partial charge < -0.3 is 9.64 Å². The van der Waals surface area contributed by atoms with Crippen LogP contribution in [-0.4, -0.2) is 36.4 Å². The first-order valence-corrected chi connectivity index (χ1v) is 8.89. The van der Waals surface area contributed by atoms with E-state index >= 15 is 0 Å². The highest BCUT2D eigenvalue weighted by molar-refractivity contribution is 9.11. The summed E-state index contributed by atoms with van der Waals surface area (Å²) in [6.07, 6.45) is 2.53. The summed E-state index contributed by atoms with van der Waals surface area (Å²) in [5, 5.41) is 13.0. The fourth-order valence-electron chi connectivity index (χ4n) is 2.17. The third-order valence-electron chi connectivity index (χ3n) is 3.36. The standard InChI is InChI=1S/C15H15Br2FN4O2/c16-12-6-10(18)7-13(17)14(12)21-20-9-11(8-19)24-15(23)22-4-2-1-3-5-22/h6-7,9,11,21H,1-5H2. The van der Waals surface area contributed by atoms with E-state index in [0.717, 1.165) is 19.3 Å². The lowest BCUT2D eigenvalue weighted by atomic mass is 10.1. The lowest BCUT2D eigenvalue weighted by Crippen LogP contribution is -2.38. The predicted molar refractivity (Wildman–Crippen MR) is 95.2 cm³/mol. The molecule has 24 heavy (non-hydrogen) atoms. The van der Waals surface area contributed by atoms with E-state index in [2.05, 4.69) is 42.4 Å². The van der Waals surface area contributed by atoms with Gasteiger partial charge in [0.1, 0.15) is 11.9 Å². The molecule has 9 heteroatoms. The zero-order valence-electron chi connectivity index (χ0n) is 12.6. The summed E-state index contributed by atoms with van der Waals surface area (Å²) >= 11 is 6.42. The monoisotopic (exact) mass is 460 g/mol. The van der Waals surface area contributed by atoms with Crippen molar-refractivity contribution in [1.82, 2.24) is 4.90 Å². The van der Waals surface area contributed by atoms with E-state index in [4.69, 9.17) is 10.00 Å². The van der Waals surface area contributed by atoms with Crippen LogP contribution in [0, 0.1) is 17.1 Å². The van der Waals surface area contributed by atoms with Gasteiger partial charge in [0.15, 0.2) is 0 Å². The number of nitrogens with one attached hydrogen (secondary N) is 1. The van der Waals surface area contributed by atoms with Crippen molar-refractivity contribution in [2.75, 3.05) is 18.5 Å². The van der Waals surface area contributed by atoms with E-state index in [0.29, 0.717) is 27.7 Å². The van der Waals surface area contributed by atoms with Crippen LogP contribution < -0.4 is 5.43 Å². The van der Waals surface area contributed by atoms with Crippen LogP contribution in [0.3, 0.4) is 0 Å². The summed E-state index contributed by atoms with van der Waals surface area (Å²) in [6, 6.07) is 4.41.